The van der Waals surface area contributed by atoms with E-state index >= 15 is 0 Å². The van der Waals surface area contributed by atoms with Crippen molar-refractivity contribution in [3.63, 3.8) is 0 Å². The second kappa shape index (κ2) is 8.63. The summed E-state index contributed by atoms with van der Waals surface area (Å²) in [6, 6.07) is 12.2. The highest BCUT2D eigenvalue weighted by Crippen LogP contribution is 2.17. The van der Waals surface area contributed by atoms with Gasteiger partial charge in [-0.3, -0.25) is 4.79 Å². The number of aromatic nitrogens is 3. The predicted molar refractivity (Wildman–Crippen MR) is 98.3 cm³/mol. The molecule has 3 rings (SSSR count). The van der Waals surface area contributed by atoms with Gasteiger partial charge in [0.1, 0.15) is 11.6 Å². The van der Waals surface area contributed by atoms with Gasteiger partial charge in [-0.2, -0.15) is 0 Å². The molecule has 27 heavy (non-hydrogen) atoms. The molecule has 0 aliphatic carbocycles. The van der Waals surface area contributed by atoms with Gasteiger partial charge in [-0.25, -0.2) is 13.5 Å². The van der Waals surface area contributed by atoms with Crippen LogP contribution >= 0.6 is 11.8 Å². The number of nitrogens with zero attached hydrogens (tertiary/aromatic N) is 3. The Hall–Kier alpha value is -2.94. The molecule has 0 saturated carbocycles. The molecule has 0 fully saturated rings. The molecule has 0 saturated heterocycles. The normalized spacial score (nSPS) is 10.7. The third-order valence-corrected chi connectivity index (χ3v) is 4.72. The van der Waals surface area contributed by atoms with Crippen LogP contribution in [0.2, 0.25) is 0 Å². The van der Waals surface area contributed by atoms with E-state index in [1.807, 2.05) is 0 Å². The fourth-order valence-corrected chi connectivity index (χ4v) is 3.03. The number of carbonyl (C=O) groups is 1. The van der Waals surface area contributed by atoms with Crippen LogP contribution in [-0.2, 0) is 17.8 Å². The van der Waals surface area contributed by atoms with Crippen LogP contribution in [0.4, 0.5) is 8.78 Å². The number of nitrogens with one attached hydrogen (secondary N) is 1. The van der Waals surface area contributed by atoms with Gasteiger partial charge < -0.3 is 11.2 Å². The highest BCUT2D eigenvalue weighted by Gasteiger charge is 2.14. The number of halogens is 2. The van der Waals surface area contributed by atoms with Crippen LogP contribution in [0.15, 0.2) is 53.7 Å². The molecular formula is C18H17F2N5OS. The molecule has 1 amide bonds. The third kappa shape index (κ3) is 5.04. The van der Waals surface area contributed by atoms with E-state index in [2.05, 4.69) is 15.5 Å². The predicted octanol–water partition coefficient (Wildman–Crippen LogP) is 2.27. The summed E-state index contributed by atoms with van der Waals surface area (Å²) in [4.78, 5) is 12.0. The van der Waals surface area contributed by atoms with Gasteiger partial charge in [0.05, 0.1) is 5.75 Å². The Kier molecular flexibility index (Phi) is 6.02. The van der Waals surface area contributed by atoms with E-state index in [0.29, 0.717) is 23.1 Å². The number of nitrogen functional groups attached to an aromatic ring is 1. The molecule has 6 nitrogen and oxygen atoms in total. The number of nitrogens with two attached hydrogens (primary N) is 1. The molecule has 140 valence electrons. The quantitative estimate of drug-likeness (QED) is 0.478. The molecule has 2 aromatic carbocycles. The summed E-state index contributed by atoms with van der Waals surface area (Å²) in [7, 11) is 0. The van der Waals surface area contributed by atoms with Crippen molar-refractivity contribution in [3.05, 3.63) is 77.1 Å². The number of carbonyl (C=O) groups excluding carboxylic acids is 1. The zero-order valence-electron chi connectivity index (χ0n) is 14.2. The van der Waals surface area contributed by atoms with Crippen LogP contribution in [0.1, 0.15) is 17.0 Å². The average molecular weight is 389 g/mol. The Balaban J connectivity index is 1.52. The largest absolute Gasteiger partial charge is 0.351 e. The summed E-state index contributed by atoms with van der Waals surface area (Å²) >= 11 is 1.13. The van der Waals surface area contributed by atoms with E-state index < -0.39 is 0 Å². The zero-order valence-corrected chi connectivity index (χ0v) is 15.0. The van der Waals surface area contributed by atoms with Crippen LogP contribution in [0.3, 0.4) is 0 Å². The first-order valence-corrected chi connectivity index (χ1v) is 9.08. The molecular weight excluding hydrogens is 372 g/mol. The standard InChI is InChI=1S/C18H17F2N5OS/c19-14-7-5-12(6-8-14)10-22-17(26)11-27-18-24-23-16(25(18)21)9-13-3-1-2-4-15(13)20/h1-8H,9-11,21H2,(H,22,26). The van der Waals surface area contributed by atoms with Crippen molar-refractivity contribution < 1.29 is 13.6 Å². The Labute approximate surface area is 158 Å². The topological polar surface area (TPSA) is 85.8 Å². The molecule has 0 spiro atoms. The lowest BCUT2D eigenvalue weighted by molar-refractivity contribution is -0.118. The van der Waals surface area contributed by atoms with Crippen LogP contribution in [0, 0.1) is 11.6 Å². The monoisotopic (exact) mass is 389 g/mol. The number of thioether (sulfide) groups is 1. The Morgan fingerprint density at radius 3 is 2.59 bits per heavy atom. The van der Waals surface area contributed by atoms with E-state index in [4.69, 9.17) is 5.84 Å². The number of hydrogen-bond donors (Lipinski definition) is 2. The molecule has 0 atom stereocenters. The van der Waals surface area contributed by atoms with Crippen molar-refractivity contribution in [2.45, 2.75) is 18.1 Å². The fraction of sp³-hybridized carbons (Fsp3) is 0.167. The molecule has 0 aliphatic heterocycles. The lowest BCUT2D eigenvalue weighted by Gasteiger charge is -2.06. The van der Waals surface area contributed by atoms with E-state index in [0.717, 1.165) is 17.3 Å². The maximum atomic E-state index is 13.7. The molecule has 0 bridgehead atoms. The summed E-state index contributed by atoms with van der Waals surface area (Å²) in [5.74, 6) is 5.56. The molecule has 3 aromatic rings. The first-order chi connectivity index (χ1) is 13.0. The van der Waals surface area contributed by atoms with Crippen molar-refractivity contribution >= 4 is 17.7 Å². The van der Waals surface area contributed by atoms with Gasteiger partial charge >= 0.3 is 0 Å². The fourth-order valence-electron chi connectivity index (χ4n) is 2.32. The highest BCUT2D eigenvalue weighted by atomic mass is 32.2. The number of benzene rings is 2. The van der Waals surface area contributed by atoms with Crippen molar-refractivity contribution in [3.8, 4) is 0 Å². The van der Waals surface area contributed by atoms with Crippen molar-refractivity contribution in [2.75, 3.05) is 11.6 Å². The second-order valence-electron chi connectivity index (χ2n) is 5.73. The van der Waals surface area contributed by atoms with Gasteiger partial charge in [-0.1, -0.05) is 42.1 Å². The third-order valence-electron chi connectivity index (χ3n) is 3.78. The maximum Gasteiger partial charge on any atom is 0.230 e. The summed E-state index contributed by atoms with van der Waals surface area (Å²) in [5, 5.41) is 11.0. The van der Waals surface area contributed by atoms with E-state index in [1.165, 1.54) is 22.9 Å². The number of hydrogen-bond acceptors (Lipinski definition) is 5. The lowest BCUT2D eigenvalue weighted by Crippen LogP contribution is -2.25. The Morgan fingerprint density at radius 2 is 1.85 bits per heavy atom. The zero-order chi connectivity index (χ0) is 19.2. The average Bonchev–Trinajstić information content (AvgIpc) is 3.01. The van der Waals surface area contributed by atoms with Crippen LogP contribution < -0.4 is 11.2 Å². The molecule has 0 unspecified atom stereocenters. The molecule has 1 heterocycles. The Morgan fingerprint density at radius 1 is 1.11 bits per heavy atom. The first kappa shape index (κ1) is 18.8. The second-order valence-corrected chi connectivity index (χ2v) is 6.67. The van der Waals surface area contributed by atoms with Crippen molar-refractivity contribution in [1.82, 2.24) is 20.2 Å². The molecule has 0 radical (unpaired) electrons. The number of amides is 1. The van der Waals surface area contributed by atoms with Crippen LogP contribution in [0.25, 0.3) is 0 Å². The minimum atomic E-state index is -0.338. The lowest BCUT2D eigenvalue weighted by atomic mass is 10.1. The Bertz CT molecular complexity index is 930. The summed E-state index contributed by atoms with van der Waals surface area (Å²) in [6.45, 7) is 0.299. The minimum Gasteiger partial charge on any atom is -0.351 e. The van der Waals surface area contributed by atoms with Gasteiger partial charge in [0.15, 0.2) is 5.82 Å². The first-order valence-electron chi connectivity index (χ1n) is 8.09. The SMILES string of the molecule is Nn1c(Cc2ccccc2F)nnc1SCC(=O)NCc1ccc(F)cc1. The molecule has 0 aliphatic rings. The summed E-state index contributed by atoms with van der Waals surface area (Å²) in [5.41, 5.74) is 1.26. The van der Waals surface area contributed by atoms with E-state index in [-0.39, 0.29) is 29.7 Å². The van der Waals surface area contributed by atoms with Gasteiger partial charge in [0.2, 0.25) is 11.1 Å². The van der Waals surface area contributed by atoms with Crippen molar-refractivity contribution in [2.24, 2.45) is 0 Å². The number of rotatable bonds is 7. The minimum absolute atomic E-state index is 0.0935. The summed E-state index contributed by atoms with van der Waals surface area (Å²) < 4.78 is 27.8. The van der Waals surface area contributed by atoms with Crippen LogP contribution in [-0.4, -0.2) is 26.5 Å². The van der Waals surface area contributed by atoms with Gasteiger partial charge in [-0.05, 0) is 29.3 Å². The molecule has 9 heteroatoms. The van der Waals surface area contributed by atoms with Gasteiger partial charge in [-0.15, -0.1) is 10.2 Å². The smallest absolute Gasteiger partial charge is 0.230 e. The van der Waals surface area contributed by atoms with Crippen LogP contribution in [0.5, 0.6) is 0 Å². The van der Waals surface area contributed by atoms with E-state index in [9.17, 15) is 13.6 Å². The van der Waals surface area contributed by atoms with Gasteiger partial charge in [0, 0.05) is 13.0 Å². The highest BCUT2D eigenvalue weighted by molar-refractivity contribution is 7.99. The van der Waals surface area contributed by atoms with Gasteiger partial charge in [0.25, 0.3) is 0 Å². The maximum absolute atomic E-state index is 13.7. The molecule has 3 N–H and O–H groups in total. The van der Waals surface area contributed by atoms with E-state index in [1.54, 1.807) is 30.3 Å². The van der Waals surface area contributed by atoms with Crippen molar-refractivity contribution in [1.29, 1.82) is 0 Å². The molecule has 1 aromatic heterocycles. The summed E-state index contributed by atoms with van der Waals surface area (Å²) in [6.07, 6.45) is 0.202.